The molecular weight excluding hydrogens is 380 g/mol. The maximum atomic E-state index is 13.2. The minimum Gasteiger partial charge on any atom is -0.497 e. The van der Waals surface area contributed by atoms with E-state index in [2.05, 4.69) is 20.8 Å². The molecule has 0 aliphatic carbocycles. The van der Waals surface area contributed by atoms with Gasteiger partial charge in [-0.3, -0.25) is 15.2 Å². The van der Waals surface area contributed by atoms with Crippen LogP contribution in [0.2, 0.25) is 0 Å². The van der Waals surface area contributed by atoms with Gasteiger partial charge in [-0.25, -0.2) is 0 Å². The molecule has 2 aromatic carbocycles. The number of methoxy groups -OCH3 is 2. The Bertz CT molecular complexity index is 953. The van der Waals surface area contributed by atoms with Gasteiger partial charge in [0.05, 0.1) is 19.9 Å². The zero-order valence-electron chi connectivity index (χ0n) is 17.7. The lowest BCUT2D eigenvalue weighted by Gasteiger charge is -2.31. The lowest BCUT2D eigenvalue weighted by Crippen LogP contribution is -2.48. The third kappa shape index (κ3) is 5.46. The van der Waals surface area contributed by atoms with Crippen LogP contribution >= 0.6 is 0 Å². The van der Waals surface area contributed by atoms with Gasteiger partial charge >= 0.3 is 0 Å². The molecule has 0 spiro atoms. The van der Waals surface area contributed by atoms with Crippen molar-refractivity contribution in [2.45, 2.75) is 25.4 Å². The van der Waals surface area contributed by atoms with Crippen LogP contribution in [-0.2, 0) is 9.53 Å². The number of rotatable bonds is 9. The topological polar surface area (TPSA) is 88.3 Å². The van der Waals surface area contributed by atoms with Crippen LogP contribution < -0.4 is 15.4 Å². The van der Waals surface area contributed by atoms with Crippen molar-refractivity contribution in [1.82, 2.24) is 15.5 Å². The van der Waals surface area contributed by atoms with Gasteiger partial charge in [-0.2, -0.15) is 5.10 Å². The summed E-state index contributed by atoms with van der Waals surface area (Å²) in [7, 11) is 3.25. The fourth-order valence-electron chi connectivity index (χ4n) is 3.28. The first kappa shape index (κ1) is 21.5. The van der Waals surface area contributed by atoms with Crippen LogP contribution in [0.4, 0.5) is 5.69 Å². The maximum absolute atomic E-state index is 13.2. The Balaban J connectivity index is 1.82. The van der Waals surface area contributed by atoms with Crippen LogP contribution in [0.15, 0.2) is 60.9 Å². The molecular formula is C23H28N4O3. The number of carbonyl (C=O) groups excluding carboxylic acids is 1. The van der Waals surface area contributed by atoms with E-state index in [1.54, 1.807) is 20.4 Å². The van der Waals surface area contributed by atoms with Crippen LogP contribution in [0.25, 0.3) is 11.1 Å². The average Bonchev–Trinajstić information content (AvgIpc) is 3.27. The molecule has 30 heavy (non-hydrogen) atoms. The maximum Gasteiger partial charge on any atom is 0.246 e. The molecule has 0 fully saturated rings. The number of ether oxygens (including phenoxy) is 2. The van der Waals surface area contributed by atoms with Crippen LogP contribution in [0.3, 0.4) is 0 Å². The van der Waals surface area contributed by atoms with E-state index in [1.807, 2.05) is 68.6 Å². The fraction of sp³-hybridized carbons (Fsp3) is 0.304. The number of nitrogens with zero attached hydrogens (tertiary/aromatic N) is 1. The first-order valence-corrected chi connectivity index (χ1v) is 9.72. The molecule has 158 valence electrons. The summed E-state index contributed by atoms with van der Waals surface area (Å²) in [5, 5.41) is 13.2. The van der Waals surface area contributed by atoms with Crippen molar-refractivity contribution in [3.8, 4) is 16.9 Å². The van der Waals surface area contributed by atoms with Crippen LogP contribution in [0, 0.1) is 0 Å². The molecule has 1 aromatic heterocycles. The van der Waals surface area contributed by atoms with Crippen molar-refractivity contribution in [3.63, 3.8) is 0 Å². The van der Waals surface area contributed by atoms with E-state index in [1.165, 1.54) is 0 Å². The normalized spacial score (nSPS) is 12.4. The molecule has 0 saturated heterocycles. The zero-order chi connectivity index (χ0) is 21.6. The molecule has 1 atom stereocenters. The van der Waals surface area contributed by atoms with E-state index >= 15 is 0 Å². The minimum atomic E-state index is -0.584. The summed E-state index contributed by atoms with van der Waals surface area (Å²) < 4.78 is 10.6. The van der Waals surface area contributed by atoms with Gasteiger partial charge < -0.3 is 14.8 Å². The molecule has 1 amide bonds. The number of hydrogen-bond donors (Lipinski definition) is 3. The van der Waals surface area contributed by atoms with Crippen molar-refractivity contribution in [2.24, 2.45) is 0 Å². The molecule has 0 saturated carbocycles. The summed E-state index contributed by atoms with van der Waals surface area (Å²) in [5.74, 6) is 0.532. The van der Waals surface area contributed by atoms with Crippen LogP contribution in [0.1, 0.15) is 25.5 Å². The second-order valence-electron chi connectivity index (χ2n) is 7.72. The van der Waals surface area contributed by atoms with Crippen molar-refractivity contribution >= 4 is 11.6 Å². The largest absolute Gasteiger partial charge is 0.497 e. The molecule has 3 rings (SSSR count). The summed E-state index contributed by atoms with van der Waals surface area (Å²) in [6.07, 6.45) is 3.59. The highest BCUT2D eigenvalue weighted by Crippen LogP contribution is 2.25. The highest BCUT2D eigenvalue weighted by molar-refractivity contribution is 5.95. The molecule has 0 aliphatic rings. The summed E-state index contributed by atoms with van der Waals surface area (Å²) in [5.41, 5.74) is 3.12. The summed E-state index contributed by atoms with van der Waals surface area (Å²) >= 11 is 0. The predicted molar refractivity (Wildman–Crippen MR) is 117 cm³/mol. The lowest BCUT2D eigenvalue weighted by atomic mass is 9.99. The zero-order valence-corrected chi connectivity index (χ0v) is 17.7. The van der Waals surface area contributed by atoms with Crippen molar-refractivity contribution in [1.29, 1.82) is 0 Å². The number of aromatic nitrogens is 2. The van der Waals surface area contributed by atoms with E-state index in [0.717, 1.165) is 16.7 Å². The van der Waals surface area contributed by atoms with Crippen molar-refractivity contribution in [2.75, 3.05) is 26.1 Å². The smallest absolute Gasteiger partial charge is 0.246 e. The SMILES string of the molecule is COCC(C)(C)NC(C(=O)Nc1ccc(-c2cn[nH]c2)cc1)c1cccc(OC)c1. The van der Waals surface area contributed by atoms with Gasteiger partial charge in [0.15, 0.2) is 0 Å². The summed E-state index contributed by atoms with van der Waals surface area (Å²) in [6.45, 7) is 4.45. The average molecular weight is 409 g/mol. The Morgan fingerprint density at radius 3 is 2.53 bits per heavy atom. The summed E-state index contributed by atoms with van der Waals surface area (Å²) in [6, 6.07) is 14.6. The number of carbonyl (C=O) groups is 1. The van der Waals surface area contributed by atoms with Crippen molar-refractivity contribution in [3.05, 3.63) is 66.5 Å². The number of H-pyrrole nitrogens is 1. The van der Waals surface area contributed by atoms with Crippen molar-refractivity contribution < 1.29 is 14.3 Å². The lowest BCUT2D eigenvalue weighted by molar-refractivity contribution is -0.119. The van der Waals surface area contributed by atoms with Crippen LogP contribution in [-0.4, -0.2) is 42.5 Å². The Hall–Kier alpha value is -3.16. The van der Waals surface area contributed by atoms with Gasteiger partial charge in [0, 0.05) is 30.1 Å². The molecule has 0 aliphatic heterocycles. The Morgan fingerprint density at radius 2 is 1.90 bits per heavy atom. The number of amides is 1. The first-order chi connectivity index (χ1) is 14.4. The number of hydrogen-bond acceptors (Lipinski definition) is 5. The Morgan fingerprint density at radius 1 is 1.13 bits per heavy atom. The Kier molecular flexibility index (Phi) is 6.87. The Labute approximate surface area is 176 Å². The molecule has 7 heteroatoms. The van der Waals surface area contributed by atoms with Gasteiger partial charge in [0.1, 0.15) is 11.8 Å². The highest BCUT2D eigenvalue weighted by atomic mass is 16.5. The minimum absolute atomic E-state index is 0.163. The van der Waals surface area contributed by atoms with Gasteiger partial charge in [-0.05, 0) is 49.2 Å². The number of nitrogens with one attached hydrogen (secondary N) is 3. The van der Waals surface area contributed by atoms with E-state index in [9.17, 15) is 4.79 Å². The van der Waals surface area contributed by atoms with E-state index in [0.29, 0.717) is 18.0 Å². The molecule has 1 unspecified atom stereocenters. The predicted octanol–water partition coefficient (Wildman–Crippen LogP) is 3.78. The molecule has 3 aromatic rings. The van der Waals surface area contributed by atoms with E-state index in [-0.39, 0.29) is 5.91 Å². The van der Waals surface area contributed by atoms with Crippen LogP contribution in [0.5, 0.6) is 5.75 Å². The third-order valence-corrected chi connectivity index (χ3v) is 4.71. The second kappa shape index (κ2) is 9.56. The number of aromatic amines is 1. The quantitative estimate of drug-likeness (QED) is 0.501. The van der Waals surface area contributed by atoms with Gasteiger partial charge in [0.2, 0.25) is 5.91 Å². The second-order valence-corrected chi connectivity index (χ2v) is 7.72. The first-order valence-electron chi connectivity index (χ1n) is 9.72. The number of benzene rings is 2. The highest BCUT2D eigenvalue weighted by Gasteiger charge is 2.28. The molecule has 3 N–H and O–H groups in total. The standard InChI is InChI=1S/C23H28N4O3/c1-23(2,15-29-3)27-21(17-6-5-7-20(12-17)30-4)22(28)26-19-10-8-16(9-11-19)18-13-24-25-14-18/h5-14,21,27H,15H2,1-4H3,(H,24,25)(H,26,28). The monoisotopic (exact) mass is 408 g/mol. The number of anilines is 1. The fourth-order valence-corrected chi connectivity index (χ4v) is 3.28. The van der Waals surface area contributed by atoms with Gasteiger partial charge in [-0.1, -0.05) is 24.3 Å². The third-order valence-electron chi connectivity index (χ3n) is 4.71. The van der Waals surface area contributed by atoms with Gasteiger partial charge in [-0.15, -0.1) is 0 Å². The van der Waals surface area contributed by atoms with E-state index < -0.39 is 11.6 Å². The molecule has 0 radical (unpaired) electrons. The summed E-state index contributed by atoms with van der Waals surface area (Å²) in [4.78, 5) is 13.2. The molecule has 7 nitrogen and oxygen atoms in total. The molecule has 0 bridgehead atoms. The van der Waals surface area contributed by atoms with E-state index in [4.69, 9.17) is 9.47 Å². The van der Waals surface area contributed by atoms with Gasteiger partial charge in [0.25, 0.3) is 0 Å². The molecule has 1 heterocycles.